The molecule has 7 rings (SSSR count). The lowest BCUT2D eigenvalue weighted by molar-refractivity contribution is -0.278. The predicted octanol–water partition coefficient (Wildman–Crippen LogP) is 7.10. The maximum absolute atomic E-state index is 14.1. The van der Waals surface area contributed by atoms with E-state index in [4.69, 9.17) is 18.9 Å². The zero-order chi connectivity index (χ0) is 37.3. The van der Waals surface area contributed by atoms with Crippen LogP contribution in [0.1, 0.15) is 64.8 Å². The third kappa shape index (κ3) is 7.73. The molecule has 0 aromatic heterocycles. The number of nitrogens with one attached hydrogen (secondary N) is 1. The van der Waals surface area contributed by atoms with Crippen molar-refractivity contribution in [2.75, 3.05) is 32.8 Å². The van der Waals surface area contributed by atoms with Gasteiger partial charge in [-0.2, -0.15) is 0 Å². The lowest BCUT2D eigenvalue weighted by atomic mass is 9.89. The van der Waals surface area contributed by atoms with Crippen molar-refractivity contribution < 1.29 is 50.8 Å². The first-order chi connectivity index (χ1) is 25.6. The van der Waals surface area contributed by atoms with E-state index in [1.807, 2.05) is 54.6 Å². The Bertz CT molecular complexity index is 1900. The number of likely N-dealkylation sites (tertiary alicyclic amines) is 1. The molecule has 0 aliphatic carbocycles. The molecule has 0 unspecified atom stereocenters. The van der Waals surface area contributed by atoms with Crippen LogP contribution in [0.2, 0.25) is 0 Å². The summed E-state index contributed by atoms with van der Waals surface area (Å²) in [6.45, 7) is 5.43. The molecule has 4 atom stereocenters. The topological polar surface area (TPSA) is 89.5 Å². The summed E-state index contributed by atoms with van der Waals surface area (Å²) in [5, 5.41) is 11.8. The number of aliphatic hydroxyl groups excluding tert-OH is 1. The number of rotatable bonds is 9. The summed E-state index contributed by atoms with van der Waals surface area (Å²) in [5.74, 6) is -13.0. The number of amides is 1. The van der Waals surface area contributed by atoms with E-state index < -0.39 is 52.6 Å². The van der Waals surface area contributed by atoms with E-state index in [1.165, 1.54) is 0 Å². The van der Waals surface area contributed by atoms with Crippen LogP contribution in [0.5, 0.6) is 0 Å². The molecule has 0 radical (unpaired) electrons. The minimum absolute atomic E-state index is 0.0117. The summed E-state index contributed by atoms with van der Waals surface area (Å²) in [7, 11) is 0. The molecule has 13 heteroatoms. The van der Waals surface area contributed by atoms with Crippen LogP contribution in [-0.2, 0) is 32.1 Å². The molecular formula is C40H39F5N2O6. The van der Waals surface area contributed by atoms with Gasteiger partial charge in [0, 0.05) is 50.5 Å². The average molecular weight is 739 g/mol. The van der Waals surface area contributed by atoms with Crippen LogP contribution in [0.4, 0.5) is 22.0 Å². The lowest BCUT2D eigenvalue weighted by Gasteiger charge is -2.44. The number of carbonyl (C=O) groups is 1. The first-order valence-corrected chi connectivity index (χ1v) is 17.6. The van der Waals surface area contributed by atoms with Crippen LogP contribution in [0.15, 0.2) is 72.8 Å². The van der Waals surface area contributed by atoms with Crippen molar-refractivity contribution in [2.45, 2.75) is 57.2 Å². The van der Waals surface area contributed by atoms with Gasteiger partial charge in [0.1, 0.15) is 5.56 Å². The molecule has 4 aromatic carbocycles. The molecule has 2 N–H and O–H groups in total. The fraction of sp³-hybridized carbons (Fsp3) is 0.375. The van der Waals surface area contributed by atoms with Gasteiger partial charge in [0.25, 0.3) is 5.91 Å². The summed E-state index contributed by atoms with van der Waals surface area (Å²) in [5.41, 5.74) is 3.17. The Morgan fingerprint density at radius 1 is 0.792 bits per heavy atom. The van der Waals surface area contributed by atoms with Crippen molar-refractivity contribution >= 4 is 5.91 Å². The highest BCUT2D eigenvalue weighted by molar-refractivity contribution is 5.94. The van der Waals surface area contributed by atoms with Crippen molar-refractivity contribution in [2.24, 2.45) is 5.92 Å². The summed E-state index contributed by atoms with van der Waals surface area (Å²) >= 11 is 0. The number of ether oxygens (including phenoxy) is 4. The highest BCUT2D eigenvalue weighted by Gasteiger charge is 2.43. The molecule has 280 valence electrons. The maximum Gasteiger partial charge on any atom is 0.257 e. The molecule has 0 bridgehead atoms. The Hall–Kier alpha value is -4.24. The third-order valence-electron chi connectivity index (χ3n) is 10.3. The Balaban J connectivity index is 1.06. The molecule has 1 amide bonds. The summed E-state index contributed by atoms with van der Waals surface area (Å²) in [6.07, 6.45) is 0.475. The minimum atomic E-state index is -2.33. The molecule has 3 fully saturated rings. The molecule has 0 saturated carbocycles. The molecule has 53 heavy (non-hydrogen) atoms. The standard InChI is InChI=1S/C40H39F5N2O6/c1-23-30(21-47-15-13-40(14-16-47)50-17-18-51-40)52-39(53-37(23)27-7-5-24(22-48)6-8-27)28-11-9-26(10-12-28)29-4-2-3-25(19-29)20-46-38(49)31-32(41)34(43)36(45)35(44)33(31)42/h2-12,19,23,30,37,39,48H,13-18,20-22H2,1H3,(H,46,49)/t23-,30+,37+,39+/m1/s1. The zero-order valence-electron chi connectivity index (χ0n) is 28.9. The average Bonchev–Trinajstić information content (AvgIpc) is 3.65. The van der Waals surface area contributed by atoms with Gasteiger partial charge in [0.15, 0.2) is 35.3 Å². The summed E-state index contributed by atoms with van der Waals surface area (Å²) in [4.78, 5) is 14.9. The van der Waals surface area contributed by atoms with Gasteiger partial charge >= 0.3 is 0 Å². The van der Waals surface area contributed by atoms with Gasteiger partial charge in [-0.25, -0.2) is 22.0 Å². The summed E-state index contributed by atoms with van der Waals surface area (Å²) < 4.78 is 94.2. The molecule has 4 aromatic rings. The second kappa shape index (κ2) is 15.6. The first-order valence-electron chi connectivity index (χ1n) is 17.6. The normalized spacial score (nSPS) is 23.0. The maximum atomic E-state index is 14.1. The Morgan fingerprint density at radius 2 is 1.42 bits per heavy atom. The number of benzene rings is 4. The number of halogens is 5. The third-order valence-corrected chi connectivity index (χ3v) is 10.3. The van der Waals surface area contributed by atoms with Crippen LogP contribution in [0, 0.1) is 35.0 Å². The Morgan fingerprint density at radius 3 is 2.06 bits per heavy atom. The number of piperidine rings is 1. The molecule has 3 saturated heterocycles. The Kier molecular flexibility index (Phi) is 10.9. The monoisotopic (exact) mass is 738 g/mol. The smallest absolute Gasteiger partial charge is 0.257 e. The van der Waals surface area contributed by atoms with E-state index in [0.717, 1.165) is 53.7 Å². The van der Waals surface area contributed by atoms with E-state index in [0.29, 0.717) is 25.3 Å². The van der Waals surface area contributed by atoms with Crippen LogP contribution in [0.3, 0.4) is 0 Å². The van der Waals surface area contributed by atoms with E-state index >= 15 is 0 Å². The van der Waals surface area contributed by atoms with E-state index in [2.05, 4.69) is 17.1 Å². The number of nitrogens with zero attached hydrogens (tertiary/aromatic N) is 1. The highest BCUT2D eigenvalue weighted by Crippen LogP contribution is 2.43. The molecule has 3 aliphatic rings. The highest BCUT2D eigenvalue weighted by atomic mass is 19.2. The van der Waals surface area contributed by atoms with E-state index in [9.17, 15) is 31.9 Å². The number of hydrogen-bond donors (Lipinski definition) is 2. The molecule has 3 heterocycles. The van der Waals surface area contributed by atoms with Crippen molar-refractivity contribution in [1.29, 1.82) is 0 Å². The number of carbonyl (C=O) groups excluding carboxylic acids is 1. The van der Waals surface area contributed by atoms with E-state index in [-0.39, 0.29) is 31.3 Å². The van der Waals surface area contributed by atoms with Crippen LogP contribution < -0.4 is 5.32 Å². The van der Waals surface area contributed by atoms with Crippen LogP contribution >= 0.6 is 0 Å². The second-order valence-corrected chi connectivity index (χ2v) is 13.7. The van der Waals surface area contributed by atoms with Gasteiger partial charge in [0.05, 0.1) is 32.0 Å². The van der Waals surface area contributed by atoms with Crippen molar-refractivity contribution in [3.63, 3.8) is 0 Å². The SMILES string of the molecule is C[C@@H]1[C@H](CN2CCC3(CC2)OCCO3)O[C@H](c2ccc(-c3cccc(CNC(=O)c4c(F)c(F)c(F)c(F)c4F)c3)cc2)O[C@@H]1c1ccc(CO)cc1. The van der Waals surface area contributed by atoms with Crippen LogP contribution in [-0.4, -0.2) is 60.7 Å². The van der Waals surface area contributed by atoms with Crippen molar-refractivity contribution in [3.8, 4) is 11.1 Å². The molecule has 8 nitrogen and oxygen atoms in total. The summed E-state index contributed by atoms with van der Waals surface area (Å²) in [6, 6.07) is 22.3. The Labute approximate surface area is 303 Å². The fourth-order valence-electron chi connectivity index (χ4n) is 7.21. The van der Waals surface area contributed by atoms with E-state index in [1.54, 1.807) is 18.2 Å². The largest absolute Gasteiger partial charge is 0.392 e. The fourth-order valence-corrected chi connectivity index (χ4v) is 7.21. The second-order valence-electron chi connectivity index (χ2n) is 13.7. The lowest BCUT2D eigenvalue weighted by Crippen LogP contribution is -2.50. The molecule has 3 aliphatic heterocycles. The first kappa shape index (κ1) is 37.1. The zero-order valence-corrected chi connectivity index (χ0v) is 28.9. The number of hydrogen-bond acceptors (Lipinski definition) is 7. The predicted molar refractivity (Wildman–Crippen MR) is 183 cm³/mol. The van der Waals surface area contributed by atoms with Crippen LogP contribution in [0.25, 0.3) is 11.1 Å². The van der Waals surface area contributed by atoms with Gasteiger partial charge in [-0.05, 0) is 33.9 Å². The van der Waals surface area contributed by atoms with Crippen molar-refractivity contribution in [1.82, 2.24) is 10.2 Å². The van der Waals surface area contributed by atoms with Gasteiger partial charge in [-0.15, -0.1) is 0 Å². The van der Waals surface area contributed by atoms with Gasteiger partial charge < -0.3 is 34.3 Å². The van der Waals surface area contributed by atoms with Gasteiger partial charge in [0.2, 0.25) is 5.82 Å². The minimum Gasteiger partial charge on any atom is -0.392 e. The number of aliphatic hydroxyl groups is 1. The van der Waals surface area contributed by atoms with Gasteiger partial charge in [-0.3, -0.25) is 4.79 Å². The van der Waals surface area contributed by atoms with Crippen molar-refractivity contribution in [3.05, 3.63) is 130 Å². The molecular weight excluding hydrogens is 699 g/mol. The molecule has 1 spiro atoms. The quantitative estimate of drug-likeness (QED) is 0.108. The van der Waals surface area contributed by atoms with Gasteiger partial charge in [-0.1, -0.05) is 73.7 Å².